The predicted molar refractivity (Wildman–Crippen MR) is 312 cm³/mol. The minimum absolute atomic E-state index is 0.00974. The number of carboxylic acids is 1. The molecule has 2 aliphatic carbocycles. The van der Waals surface area contributed by atoms with Crippen molar-refractivity contribution in [3.05, 3.63) is 119 Å². The molecule has 0 aromatic heterocycles. The third-order valence-corrected chi connectivity index (χ3v) is 16.3. The van der Waals surface area contributed by atoms with E-state index in [0.29, 0.717) is 0 Å². The van der Waals surface area contributed by atoms with Gasteiger partial charge in [0.05, 0.1) is 61.8 Å². The highest BCUT2D eigenvalue weighted by Gasteiger charge is 2.41. The minimum Gasteiger partial charge on any atom is -0.481 e. The second kappa shape index (κ2) is 29.4. The zero-order valence-electron chi connectivity index (χ0n) is 50.2. The highest BCUT2D eigenvalue weighted by atomic mass is 16.6. The largest absolute Gasteiger partial charge is 0.481 e. The van der Waals surface area contributed by atoms with Crippen LogP contribution in [-0.2, 0) is 52.5 Å². The average Bonchev–Trinajstić information content (AvgIpc) is 4.01. The first-order valence-corrected chi connectivity index (χ1v) is 28.6. The number of aliphatic carboxylic acids is 1. The number of carboxylic acid groups (broad SMARTS) is 1. The number of ether oxygens (including phenoxy) is 5. The van der Waals surface area contributed by atoms with Gasteiger partial charge in [0, 0.05) is 40.2 Å². The summed E-state index contributed by atoms with van der Waals surface area (Å²) in [5.74, 6) is -3.92. The van der Waals surface area contributed by atoms with Gasteiger partial charge >= 0.3 is 23.9 Å². The van der Waals surface area contributed by atoms with Crippen LogP contribution in [0.1, 0.15) is 149 Å². The molecule has 2 amide bonds. The molecule has 14 nitrogen and oxygen atoms in total. The van der Waals surface area contributed by atoms with Gasteiger partial charge in [-0.15, -0.1) is 0 Å². The van der Waals surface area contributed by atoms with E-state index in [1.54, 1.807) is 31.0 Å². The van der Waals surface area contributed by atoms with Crippen LogP contribution in [0.5, 0.6) is 0 Å². The molecule has 0 saturated carbocycles. The van der Waals surface area contributed by atoms with Gasteiger partial charge in [-0.05, 0) is 89.0 Å². The van der Waals surface area contributed by atoms with Crippen LogP contribution in [-0.4, -0.2) is 122 Å². The van der Waals surface area contributed by atoms with Crippen molar-refractivity contribution >= 4 is 35.7 Å². The van der Waals surface area contributed by atoms with Crippen molar-refractivity contribution in [2.45, 2.75) is 156 Å². The molecule has 80 heavy (non-hydrogen) atoms. The monoisotopic (exact) mass is 1100 g/mol. The molecule has 1 N–H and O–H groups in total. The number of likely N-dealkylation sites (N-methyl/N-ethyl adjacent to an activating group) is 2. The van der Waals surface area contributed by atoms with E-state index in [2.05, 4.69) is 48.5 Å². The van der Waals surface area contributed by atoms with E-state index in [9.17, 15) is 33.9 Å². The number of fused-ring (bicyclic) bond motifs is 6. The number of methoxy groups -OCH3 is 2. The van der Waals surface area contributed by atoms with E-state index in [1.165, 1.54) is 18.2 Å². The van der Waals surface area contributed by atoms with Crippen LogP contribution in [0.4, 0.5) is 0 Å². The second-order valence-corrected chi connectivity index (χ2v) is 23.5. The van der Waals surface area contributed by atoms with Gasteiger partial charge in [0.2, 0.25) is 11.8 Å². The van der Waals surface area contributed by atoms with E-state index >= 15 is 0 Å². The first-order valence-electron chi connectivity index (χ1n) is 28.6. The normalized spacial score (nSPS) is 15.8. The van der Waals surface area contributed by atoms with Gasteiger partial charge in [-0.3, -0.25) is 28.8 Å². The fraction of sp³-hybridized carbons (Fsp3) is 0.545. The van der Waals surface area contributed by atoms with E-state index in [0.717, 1.165) is 46.2 Å². The van der Waals surface area contributed by atoms with E-state index in [1.807, 2.05) is 125 Å². The summed E-state index contributed by atoms with van der Waals surface area (Å²) < 4.78 is 28.5. The molecule has 0 radical (unpaired) electrons. The zero-order chi connectivity index (χ0) is 59.2. The Morgan fingerprint density at radius 3 is 1.09 bits per heavy atom. The SMILES string of the molecule is CC[C@H](C)[C@@H]([C@@H](CC(=O)O)OC)N(C)C(=O)[C@@H](CC(=O)OCC1c2ccccc2-c2ccccc21)C(C)C.CC[C@H](C)[C@@H]([C@@H](CC(=O)OC(C)(C)C)OC)N(C)C(=O)[C@@H](CC(=O)OCC1c2ccccc2-c2ccccc21)C(C)C. The van der Waals surface area contributed by atoms with Gasteiger partial charge in [0.25, 0.3) is 0 Å². The molecular weight excluding hydrogens is 1010 g/mol. The average molecular weight is 1100 g/mol. The van der Waals surface area contributed by atoms with Gasteiger partial charge < -0.3 is 38.6 Å². The lowest BCUT2D eigenvalue weighted by Crippen LogP contribution is -2.52. The van der Waals surface area contributed by atoms with Crippen LogP contribution in [0.2, 0.25) is 0 Å². The number of carbonyl (C=O) groups is 6. The standard InChI is InChI=1S/C35H49NO6.C31H41NO6/c1-10-23(4)33(30(40-9)20-32(38)42-35(5,6)7)36(8)34(39)28(22(2)3)19-31(37)41-21-29-26-17-13-11-15-24(26)25-16-12-14-18-27(25)29;1-7-20(4)30(27(37-6)17-28(33)34)32(5)31(36)25(19(2)3)16-29(35)38-18-26-23-14-10-8-12-21(23)22-13-9-11-15-24(22)26/h11-18,22-23,28-30,33H,10,19-21H2,1-9H3;8-15,19-20,25-27,30H,7,16-18H2,1-6H3,(H,33,34)/t23-,28-,30+,33-;20-,25-,27+,30-/m00/s1. The summed E-state index contributed by atoms with van der Waals surface area (Å²) in [5.41, 5.74) is 8.61. The van der Waals surface area contributed by atoms with Crippen LogP contribution in [0.25, 0.3) is 22.3 Å². The van der Waals surface area contributed by atoms with Crippen LogP contribution in [0, 0.1) is 35.5 Å². The molecule has 0 bridgehead atoms. The molecule has 0 fully saturated rings. The quantitative estimate of drug-likeness (QED) is 0.0466. The molecule has 0 saturated heterocycles. The number of rotatable bonds is 26. The molecule has 8 atom stereocenters. The van der Waals surface area contributed by atoms with Crippen LogP contribution < -0.4 is 0 Å². The second-order valence-electron chi connectivity index (χ2n) is 23.5. The van der Waals surface area contributed by atoms with Gasteiger partial charge in [0.1, 0.15) is 18.8 Å². The van der Waals surface area contributed by atoms with E-state index in [4.69, 9.17) is 23.7 Å². The Labute approximate surface area is 476 Å². The lowest BCUT2D eigenvalue weighted by Gasteiger charge is -2.39. The highest BCUT2D eigenvalue weighted by molar-refractivity contribution is 5.86. The Hall–Kier alpha value is -6.38. The zero-order valence-corrected chi connectivity index (χ0v) is 50.2. The Balaban J connectivity index is 0.000000295. The maximum absolute atomic E-state index is 14.0. The maximum Gasteiger partial charge on any atom is 0.309 e. The lowest BCUT2D eigenvalue weighted by molar-refractivity contribution is -0.161. The molecular formula is C66H90N2O12. The molecule has 14 heteroatoms. The molecule has 0 unspecified atom stereocenters. The summed E-state index contributed by atoms with van der Waals surface area (Å²) in [6.45, 7) is 21.7. The topological polar surface area (TPSA) is 175 Å². The summed E-state index contributed by atoms with van der Waals surface area (Å²) in [5, 5.41) is 9.38. The van der Waals surface area contributed by atoms with Crippen molar-refractivity contribution in [3.63, 3.8) is 0 Å². The summed E-state index contributed by atoms with van der Waals surface area (Å²) in [4.78, 5) is 81.3. The first-order chi connectivity index (χ1) is 37.9. The summed E-state index contributed by atoms with van der Waals surface area (Å²) in [6, 6.07) is 31.9. The number of amides is 2. The fourth-order valence-corrected chi connectivity index (χ4v) is 11.6. The first kappa shape index (κ1) is 64.4. The molecule has 0 aliphatic heterocycles. The lowest BCUT2D eigenvalue weighted by atomic mass is 9.87. The van der Waals surface area contributed by atoms with Gasteiger partial charge in [-0.1, -0.05) is 165 Å². The molecule has 436 valence electrons. The molecule has 6 rings (SSSR count). The predicted octanol–water partition coefficient (Wildman–Crippen LogP) is 12.0. The van der Waals surface area contributed by atoms with Crippen LogP contribution in [0.15, 0.2) is 97.1 Å². The molecule has 0 spiro atoms. The Bertz CT molecular complexity index is 2640. The Kier molecular flexibility index (Phi) is 23.7. The maximum atomic E-state index is 14.0. The van der Waals surface area contributed by atoms with Gasteiger partial charge in [-0.25, -0.2) is 0 Å². The van der Waals surface area contributed by atoms with E-state index < -0.39 is 53.6 Å². The van der Waals surface area contributed by atoms with Gasteiger partial charge in [0.15, 0.2) is 0 Å². The fourth-order valence-electron chi connectivity index (χ4n) is 11.6. The highest BCUT2D eigenvalue weighted by Crippen LogP contribution is 2.46. The van der Waals surface area contributed by atoms with Crippen molar-refractivity contribution in [3.8, 4) is 22.3 Å². The van der Waals surface area contributed by atoms with Crippen molar-refractivity contribution in [1.29, 1.82) is 0 Å². The summed E-state index contributed by atoms with van der Waals surface area (Å²) in [6.07, 6.45) is 0.0927. The van der Waals surface area contributed by atoms with Crippen molar-refractivity contribution in [1.82, 2.24) is 9.80 Å². The number of carbonyl (C=O) groups excluding carboxylic acids is 5. The molecule has 4 aromatic rings. The molecule has 0 heterocycles. The van der Waals surface area contributed by atoms with Crippen molar-refractivity contribution in [2.75, 3.05) is 41.5 Å². The molecule has 2 aliphatic rings. The van der Waals surface area contributed by atoms with Gasteiger partial charge in [-0.2, -0.15) is 0 Å². The third kappa shape index (κ3) is 16.2. The van der Waals surface area contributed by atoms with E-state index in [-0.39, 0.29) is 98.2 Å². The number of nitrogens with zero attached hydrogens (tertiary/aromatic N) is 2. The number of benzene rings is 4. The van der Waals surface area contributed by atoms with Crippen molar-refractivity contribution in [2.24, 2.45) is 35.5 Å². The summed E-state index contributed by atoms with van der Waals surface area (Å²) in [7, 11) is 6.45. The van der Waals surface area contributed by atoms with Crippen LogP contribution >= 0.6 is 0 Å². The van der Waals surface area contributed by atoms with Crippen molar-refractivity contribution < 1.29 is 57.6 Å². The van der Waals surface area contributed by atoms with Crippen LogP contribution in [0.3, 0.4) is 0 Å². The number of hydrogen-bond acceptors (Lipinski definition) is 11. The smallest absolute Gasteiger partial charge is 0.309 e. The Morgan fingerprint density at radius 1 is 0.500 bits per heavy atom. The minimum atomic E-state index is -0.981. The third-order valence-electron chi connectivity index (χ3n) is 16.3. The molecule has 4 aromatic carbocycles. The number of hydrogen-bond donors (Lipinski definition) is 1. The summed E-state index contributed by atoms with van der Waals surface area (Å²) >= 11 is 0. The number of esters is 3. The Morgan fingerprint density at radius 2 is 0.812 bits per heavy atom.